The van der Waals surface area contributed by atoms with Gasteiger partial charge in [-0.3, -0.25) is 9.19 Å². The van der Waals surface area contributed by atoms with Gasteiger partial charge in [0.1, 0.15) is 0 Å². The number of thiazole rings is 1. The molecule has 0 spiro atoms. The summed E-state index contributed by atoms with van der Waals surface area (Å²) in [5, 5.41) is 0. The predicted octanol–water partition coefficient (Wildman–Crippen LogP) is 2.34. The number of hydrogen-bond acceptors (Lipinski definition) is 4. The summed E-state index contributed by atoms with van der Waals surface area (Å²) >= 11 is 1.52. The van der Waals surface area contributed by atoms with E-state index in [0.717, 1.165) is 15.3 Å². The van der Waals surface area contributed by atoms with E-state index in [1.54, 1.807) is 11.7 Å². The van der Waals surface area contributed by atoms with Crippen molar-refractivity contribution in [2.75, 3.05) is 5.73 Å². The van der Waals surface area contributed by atoms with Crippen LogP contribution in [0.5, 0.6) is 0 Å². The predicted molar refractivity (Wildman–Crippen MR) is 67.8 cm³/mol. The maximum absolute atomic E-state index is 12.1. The molecule has 0 aliphatic heterocycles. The topological polar surface area (TPSA) is 56.0 Å². The van der Waals surface area contributed by atoms with Crippen molar-refractivity contribution < 1.29 is 4.21 Å². The third kappa shape index (κ3) is 2.31. The van der Waals surface area contributed by atoms with E-state index < -0.39 is 10.8 Å². The molecule has 16 heavy (non-hydrogen) atoms. The van der Waals surface area contributed by atoms with E-state index in [1.165, 1.54) is 11.3 Å². The van der Waals surface area contributed by atoms with E-state index in [4.69, 9.17) is 5.73 Å². The summed E-state index contributed by atoms with van der Waals surface area (Å²) in [4.78, 5) is 5.81. The first-order valence-corrected chi connectivity index (χ1v) is 6.99. The standard InChI is InChI=1S/C11H12N2OS2/c1-8-10(12)3-2-4-11(8)16(14)6-9-5-13-7-15-9/h2-5,7H,6,12H2,1H3. The number of anilines is 1. The van der Waals surface area contributed by atoms with Gasteiger partial charge in [-0.25, -0.2) is 0 Å². The SMILES string of the molecule is Cc1c(N)cccc1S(=O)Cc1cncs1. The molecule has 3 nitrogen and oxygen atoms in total. The van der Waals surface area contributed by atoms with Crippen molar-refractivity contribution in [3.63, 3.8) is 0 Å². The van der Waals surface area contributed by atoms with E-state index in [9.17, 15) is 4.21 Å². The van der Waals surface area contributed by atoms with Gasteiger partial charge >= 0.3 is 0 Å². The molecule has 84 valence electrons. The van der Waals surface area contributed by atoms with Crippen molar-refractivity contribution >= 4 is 27.8 Å². The molecule has 1 heterocycles. The fourth-order valence-electron chi connectivity index (χ4n) is 1.40. The molecule has 0 saturated heterocycles. The zero-order chi connectivity index (χ0) is 11.5. The first-order valence-electron chi connectivity index (χ1n) is 4.79. The third-order valence-electron chi connectivity index (χ3n) is 2.33. The van der Waals surface area contributed by atoms with E-state index in [0.29, 0.717) is 11.4 Å². The maximum Gasteiger partial charge on any atom is 0.0794 e. The number of nitrogens with two attached hydrogens (primary N) is 1. The summed E-state index contributed by atoms with van der Waals surface area (Å²) in [6.45, 7) is 1.90. The average Bonchev–Trinajstić information content (AvgIpc) is 2.74. The van der Waals surface area contributed by atoms with E-state index >= 15 is 0 Å². The Morgan fingerprint density at radius 2 is 2.31 bits per heavy atom. The largest absolute Gasteiger partial charge is 0.398 e. The fourth-order valence-corrected chi connectivity index (χ4v) is 3.55. The van der Waals surface area contributed by atoms with Crippen molar-refractivity contribution in [1.82, 2.24) is 4.98 Å². The quantitative estimate of drug-likeness (QED) is 0.853. The normalized spacial score (nSPS) is 12.6. The summed E-state index contributed by atoms with van der Waals surface area (Å²) in [6.07, 6.45) is 1.75. The number of benzene rings is 1. The Labute approximate surface area is 101 Å². The number of nitrogen functional groups attached to an aromatic ring is 1. The van der Waals surface area contributed by atoms with Gasteiger partial charge in [0, 0.05) is 21.7 Å². The molecule has 5 heteroatoms. The highest BCUT2D eigenvalue weighted by atomic mass is 32.2. The van der Waals surface area contributed by atoms with Gasteiger partial charge in [-0.05, 0) is 24.6 Å². The van der Waals surface area contributed by atoms with Gasteiger partial charge in [0.15, 0.2) is 0 Å². The van der Waals surface area contributed by atoms with Gasteiger partial charge in [0.05, 0.1) is 22.1 Å². The van der Waals surface area contributed by atoms with Crippen LogP contribution >= 0.6 is 11.3 Å². The highest BCUT2D eigenvalue weighted by molar-refractivity contribution is 7.84. The minimum absolute atomic E-state index is 0.509. The molecule has 0 aliphatic carbocycles. The monoisotopic (exact) mass is 252 g/mol. The molecule has 0 amide bonds. The molecule has 2 rings (SSSR count). The average molecular weight is 252 g/mol. The van der Waals surface area contributed by atoms with Crippen LogP contribution in [0.25, 0.3) is 0 Å². The van der Waals surface area contributed by atoms with Gasteiger partial charge in [0.25, 0.3) is 0 Å². The third-order valence-corrected chi connectivity index (χ3v) is 4.80. The molecule has 1 atom stereocenters. The number of aromatic nitrogens is 1. The smallest absolute Gasteiger partial charge is 0.0794 e. The van der Waals surface area contributed by atoms with E-state index in [1.807, 2.05) is 25.1 Å². The van der Waals surface area contributed by atoms with Crippen LogP contribution in [-0.4, -0.2) is 9.19 Å². The van der Waals surface area contributed by atoms with Crippen molar-refractivity contribution in [3.05, 3.63) is 40.3 Å². The first-order chi connectivity index (χ1) is 7.68. The molecular formula is C11H12N2OS2. The lowest BCUT2D eigenvalue weighted by Crippen LogP contribution is -2.00. The molecule has 1 unspecified atom stereocenters. The number of hydrogen-bond donors (Lipinski definition) is 1. The molecule has 0 aliphatic rings. The molecule has 0 bridgehead atoms. The van der Waals surface area contributed by atoms with Crippen LogP contribution in [0.15, 0.2) is 34.8 Å². The van der Waals surface area contributed by atoms with E-state index in [-0.39, 0.29) is 0 Å². The molecule has 1 aromatic heterocycles. The van der Waals surface area contributed by atoms with Gasteiger partial charge in [0.2, 0.25) is 0 Å². The lowest BCUT2D eigenvalue weighted by atomic mass is 10.2. The molecule has 1 aromatic carbocycles. The van der Waals surface area contributed by atoms with Gasteiger partial charge in [-0.1, -0.05) is 6.07 Å². The van der Waals surface area contributed by atoms with Gasteiger partial charge < -0.3 is 5.73 Å². The molecule has 2 aromatic rings. The van der Waals surface area contributed by atoms with Crippen molar-refractivity contribution in [1.29, 1.82) is 0 Å². The van der Waals surface area contributed by atoms with Crippen LogP contribution in [0.4, 0.5) is 5.69 Å². The van der Waals surface area contributed by atoms with Gasteiger partial charge in [-0.15, -0.1) is 11.3 Å². The Hall–Kier alpha value is -1.20. The lowest BCUT2D eigenvalue weighted by molar-refractivity contribution is 0.682. The molecule has 0 radical (unpaired) electrons. The second kappa shape index (κ2) is 4.76. The summed E-state index contributed by atoms with van der Waals surface area (Å²) in [5.74, 6) is 0.509. The second-order valence-corrected chi connectivity index (χ2v) is 5.82. The Balaban J connectivity index is 2.24. The van der Waals surface area contributed by atoms with Crippen molar-refractivity contribution in [2.45, 2.75) is 17.6 Å². The van der Waals surface area contributed by atoms with Gasteiger partial charge in [-0.2, -0.15) is 0 Å². The van der Waals surface area contributed by atoms with Crippen LogP contribution < -0.4 is 5.73 Å². The minimum atomic E-state index is -1.04. The summed E-state index contributed by atoms with van der Waals surface area (Å²) in [6, 6.07) is 5.52. The van der Waals surface area contributed by atoms with Crippen LogP contribution in [0.2, 0.25) is 0 Å². The Kier molecular flexibility index (Phi) is 3.36. The molecular weight excluding hydrogens is 240 g/mol. The van der Waals surface area contributed by atoms with E-state index in [2.05, 4.69) is 4.98 Å². The summed E-state index contributed by atoms with van der Waals surface area (Å²) < 4.78 is 12.1. The second-order valence-electron chi connectivity index (χ2n) is 3.43. The Morgan fingerprint density at radius 3 is 3.00 bits per heavy atom. The fraction of sp³-hybridized carbons (Fsp3) is 0.182. The molecule has 0 fully saturated rings. The Bertz CT molecular complexity index is 509. The minimum Gasteiger partial charge on any atom is -0.398 e. The summed E-state index contributed by atoms with van der Waals surface area (Å²) in [7, 11) is -1.04. The zero-order valence-electron chi connectivity index (χ0n) is 8.84. The van der Waals surface area contributed by atoms with Crippen LogP contribution in [0, 0.1) is 6.92 Å². The zero-order valence-corrected chi connectivity index (χ0v) is 10.5. The lowest BCUT2D eigenvalue weighted by Gasteiger charge is -2.06. The number of nitrogens with zero attached hydrogens (tertiary/aromatic N) is 1. The van der Waals surface area contributed by atoms with Crippen molar-refractivity contribution in [3.8, 4) is 0 Å². The van der Waals surface area contributed by atoms with Crippen LogP contribution in [0.3, 0.4) is 0 Å². The van der Waals surface area contributed by atoms with Crippen LogP contribution in [0.1, 0.15) is 10.4 Å². The van der Waals surface area contributed by atoms with Crippen LogP contribution in [-0.2, 0) is 16.6 Å². The highest BCUT2D eigenvalue weighted by Gasteiger charge is 2.10. The first kappa shape index (κ1) is 11.3. The van der Waals surface area contributed by atoms with Crippen molar-refractivity contribution in [2.24, 2.45) is 0 Å². The molecule has 0 saturated carbocycles. The molecule has 2 N–H and O–H groups in total. The maximum atomic E-state index is 12.1. The summed E-state index contributed by atoms with van der Waals surface area (Å²) in [5.41, 5.74) is 9.13. The Morgan fingerprint density at radius 1 is 1.50 bits per heavy atom. The number of rotatable bonds is 3. The highest BCUT2D eigenvalue weighted by Crippen LogP contribution is 2.22.